The predicted molar refractivity (Wildman–Crippen MR) is 115 cm³/mol. The fourth-order valence-corrected chi connectivity index (χ4v) is 6.62. The van der Waals surface area contributed by atoms with Gasteiger partial charge in [0.15, 0.2) is 0 Å². The number of aliphatic carboxylic acids is 1. The lowest BCUT2D eigenvalue weighted by Crippen LogP contribution is -2.61. The Labute approximate surface area is 182 Å². The molecular formula is C23H32N4O4. The average molecular weight is 429 g/mol. The highest BCUT2D eigenvalue weighted by Gasteiger charge is 2.55. The maximum absolute atomic E-state index is 13.0. The fourth-order valence-electron chi connectivity index (χ4n) is 6.62. The summed E-state index contributed by atoms with van der Waals surface area (Å²) >= 11 is 0. The molecule has 0 aromatic carbocycles. The third-order valence-corrected chi connectivity index (χ3v) is 7.84. The Morgan fingerprint density at radius 3 is 2.45 bits per heavy atom. The molecule has 1 aromatic rings. The van der Waals surface area contributed by atoms with Crippen LogP contribution in [-0.4, -0.2) is 76.3 Å². The highest BCUT2D eigenvalue weighted by molar-refractivity contribution is 5.93. The van der Waals surface area contributed by atoms with E-state index in [-0.39, 0.29) is 18.4 Å². The molecule has 168 valence electrons. The van der Waals surface area contributed by atoms with Crippen molar-refractivity contribution in [2.75, 3.05) is 37.6 Å². The number of anilines is 1. The summed E-state index contributed by atoms with van der Waals surface area (Å²) in [5.74, 6) is 1.28. The number of carboxylic acid groups (broad SMARTS) is 1. The Morgan fingerprint density at radius 2 is 1.81 bits per heavy atom. The molecule has 5 aliphatic rings. The van der Waals surface area contributed by atoms with Crippen molar-refractivity contribution >= 4 is 17.7 Å². The van der Waals surface area contributed by atoms with Gasteiger partial charge in [0.2, 0.25) is 0 Å². The number of nitrogens with zero attached hydrogens (tertiary/aromatic N) is 3. The zero-order valence-electron chi connectivity index (χ0n) is 17.9. The minimum absolute atomic E-state index is 0.119. The topological polar surface area (TPSA) is 106 Å². The van der Waals surface area contributed by atoms with Gasteiger partial charge < -0.3 is 20.4 Å². The Bertz CT molecular complexity index is 838. The van der Waals surface area contributed by atoms with Crippen molar-refractivity contribution in [1.82, 2.24) is 15.2 Å². The molecule has 5 fully saturated rings. The molecule has 1 aliphatic heterocycles. The van der Waals surface area contributed by atoms with Crippen LogP contribution < -0.4 is 10.2 Å². The van der Waals surface area contributed by atoms with Crippen molar-refractivity contribution in [3.05, 3.63) is 23.9 Å². The summed E-state index contributed by atoms with van der Waals surface area (Å²) in [6.45, 7) is 3.69. The second-order valence-corrected chi connectivity index (χ2v) is 10.0. The first kappa shape index (κ1) is 20.7. The molecule has 2 atom stereocenters. The number of carbonyl (C=O) groups excluding carboxylic acids is 1. The van der Waals surface area contributed by atoms with Crippen LogP contribution in [0.25, 0.3) is 0 Å². The van der Waals surface area contributed by atoms with E-state index < -0.39 is 11.6 Å². The van der Waals surface area contributed by atoms with Crippen molar-refractivity contribution in [2.45, 2.75) is 50.2 Å². The molecule has 1 amide bonds. The molecular weight excluding hydrogens is 396 g/mol. The van der Waals surface area contributed by atoms with Crippen molar-refractivity contribution in [3.8, 4) is 0 Å². The Balaban J connectivity index is 1.20. The highest BCUT2D eigenvalue weighted by Crippen LogP contribution is 2.55. The average Bonchev–Trinajstić information content (AvgIpc) is 2.74. The van der Waals surface area contributed by atoms with E-state index >= 15 is 0 Å². The van der Waals surface area contributed by atoms with E-state index in [1.54, 1.807) is 6.07 Å². The molecule has 4 saturated carbocycles. The number of piperazine rings is 1. The summed E-state index contributed by atoms with van der Waals surface area (Å²) in [5.41, 5.74) is -0.0546. The van der Waals surface area contributed by atoms with Crippen LogP contribution in [0.15, 0.2) is 18.2 Å². The third kappa shape index (κ3) is 4.28. The number of carbonyl (C=O) groups is 2. The smallest absolute Gasteiger partial charge is 0.304 e. The van der Waals surface area contributed by atoms with Crippen LogP contribution in [0.4, 0.5) is 5.82 Å². The molecule has 1 saturated heterocycles. The van der Waals surface area contributed by atoms with Crippen molar-refractivity contribution in [2.24, 2.45) is 17.8 Å². The van der Waals surface area contributed by atoms with Crippen LogP contribution in [0.5, 0.6) is 0 Å². The van der Waals surface area contributed by atoms with Gasteiger partial charge in [0.25, 0.3) is 5.91 Å². The van der Waals surface area contributed by atoms with Crippen LogP contribution in [0.1, 0.15) is 49.0 Å². The molecule has 2 unspecified atom stereocenters. The Morgan fingerprint density at radius 1 is 1.10 bits per heavy atom. The van der Waals surface area contributed by atoms with E-state index in [1.807, 2.05) is 12.1 Å². The van der Waals surface area contributed by atoms with Crippen LogP contribution in [0, 0.1) is 17.8 Å². The molecule has 0 radical (unpaired) electrons. The Hall–Kier alpha value is -2.19. The van der Waals surface area contributed by atoms with Gasteiger partial charge in [0, 0.05) is 38.8 Å². The van der Waals surface area contributed by atoms with E-state index in [9.17, 15) is 14.7 Å². The van der Waals surface area contributed by atoms with Crippen LogP contribution in [0.3, 0.4) is 0 Å². The first-order valence-corrected chi connectivity index (χ1v) is 11.6. The van der Waals surface area contributed by atoms with Gasteiger partial charge in [-0.2, -0.15) is 0 Å². The van der Waals surface area contributed by atoms with Gasteiger partial charge in [-0.05, 0) is 62.0 Å². The predicted octanol–water partition coefficient (Wildman–Crippen LogP) is 1.35. The zero-order chi connectivity index (χ0) is 21.6. The summed E-state index contributed by atoms with van der Waals surface area (Å²) < 4.78 is 0. The van der Waals surface area contributed by atoms with E-state index in [1.165, 1.54) is 0 Å². The molecule has 0 spiro atoms. The van der Waals surface area contributed by atoms with Crippen LogP contribution >= 0.6 is 0 Å². The molecule has 3 N–H and O–H groups in total. The number of aliphatic hydroxyl groups is 1. The Kier molecular flexibility index (Phi) is 5.38. The summed E-state index contributed by atoms with van der Waals surface area (Å²) in [6, 6.07) is 5.73. The monoisotopic (exact) mass is 428 g/mol. The molecule has 8 heteroatoms. The second-order valence-electron chi connectivity index (χ2n) is 10.0. The minimum atomic E-state index is -0.767. The van der Waals surface area contributed by atoms with E-state index in [4.69, 9.17) is 5.11 Å². The molecule has 6 rings (SSSR count). The van der Waals surface area contributed by atoms with Crippen LogP contribution in [0.2, 0.25) is 0 Å². The standard InChI is InChI=1S/C23H32N4O4/c28-20(29)4-5-26-6-8-27(9-7-26)19-3-1-2-18(24-19)22(30)25-21-16-10-15-11-17(21)14-23(31,12-15)13-16/h1-3,15-17,21,31H,4-14H2,(H,25,30)(H,28,29). The number of amides is 1. The molecule has 2 heterocycles. The van der Waals surface area contributed by atoms with Gasteiger partial charge in [-0.3, -0.25) is 14.5 Å². The van der Waals surface area contributed by atoms with Gasteiger partial charge >= 0.3 is 5.97 Å². The summed E-state index contributed by atoms with van der Waals surface area (Å²) in [6.07, 6.45) is 4.95. The first-order valence-electron chi connectivity index (χ1n) is 11.6. The minimum Gasteiger partial charge on any atom is -0.481 e. The molecule has 31 heavy (non-hydrogen) atoms. The van der Waals surface area contributed by atoms with Gasteiger partial charge in [-0.25, -0.2) is 4.98 Å². The zero-order valence-corrected chi connectivity index (χ0v) is 17.9. The number of rotatable bonds is 6. The van der Waals surface area contributed by atoms with Crippen LogP contribution in [-0.2, 0) is 4.79 Å². The maximum Gasteiger partial charge on any atom is 0.304 e. The van der Waals surface area contributed by atoms with Gasteiger partial charge in [-0.15, -0.1) is 0 Å². The number of nitrogens with one attached hydrogen (secondary N) is 1. The molecule has 4 bridgehead atoms. The normalized spacial score (nSPS) is 34.7. The first-order chi connectivity index (χ1) is 14.9. The van der Waals surface area contributed by atoms with E-state index in [0.29, 0.717) is 30.0 Å². The van der Waals surface area contributed by atoms with Gasteiger partial charge in [0.05, 0.1) is 12.0 Å². The highest BCUT2D eigenvalue weighted by atomic mass is 16.4. The number of pyridine rings is 1. The quantitative estimate of drug-likeness (QED) is 0.628. The summed E-state index contributed by atoms with van der Waals surface area (Å²) in [4.78, 5) is 32.8. The van der Waals surface area contributed by atoms with Crippen molar-refractivity contribution in [3.63, 3.8) is 0 Å². The molecule has 8 nitrogen and oxygen atoms in total. The number of carboxylic acids is 1. The van der Waals surface area contributed by atoms with Crippen molar-refractivity contribution in [1.29, 1.82) is 0 Å². The van der Waals surface area contributed by atoms with Gasteiger partial charge in [-0.1, -0.05) is 6.07 Å². The number of aromatic nitrogens is 1. The molecule has 4 aliphatic carbocycles. The third-order valence-electron chi connectivity index (χ3n) is 7.84. The lowest BCUT2D eigenvalue weighted by atomic mass is 9.52. The lowest BCUT2D eigenvalue weighted by Gasteiger charge is -2.58. The second kappa shape index (κ2) is 8.06. The lowest BCUT2D eigenvalue weighted by molar-refractivity contribution is -0.137. The van der Waals surface area contributed by atoms with E-state index in [0.717, 1.165) is 64.1 Å². The van der Waals surface area contributed by atoms with E-state index in [2.05, 4.69) is 20.1 Å². The number of hydrogen-bond donors (Lipinski definition) is 3. The summed E-state index contributed by atoms with van der Waals surface area (Å²) in [7, 11) is 0. The van der Waals surface area contributed by atoms with Gasteiger partial charge in [0.1, 0.15) is 11.5 Å². The number of hydrogen-bond acceptors (Lipinski definition) is 6. The molecule has 1 aromatic heterocycles. The fraction of sp³-hybridized carbons (Fsp3) is 0.696. The summed E-state index contributed by atoms with van der Waals surface area (Å²) in [5, 5.41) is 22.9. The SMILES string of the molecule is O=C(O)CCN1CCN(c2cccc(C(=O)NC3C4CC5CC3CC(O)(C5)C4)n2)CC1. The van der Waals surface area contributed by atoms with Crippen molar-refractivity contribution < 1.29 is 19.8 Å². The maximum atomic E-state index is 13.0. The largest absolute Gasteiger partial charge is 0.481 e.